The first-order valence-electron chi connectivity index (χ1n) is 19.9. The maximum Gasteiger partial charge on any atom is 0.433 e. The van der Waals surface area contributed by atoms with Crippen LogP contribution in [0.5, 0.6) is 0 Å². The van der Waals surface area contributed by atoms with E-state index in [1.807, 2.05) is 15.8 Å². The summed E-state index contributed by atoms with van der Waals surface area (Å²) in [6.07, 6.45) is 3.06. The van der Waals surface area contributed by atoms with E-state index in [9.17, 15) is 37.5 Å². The number of pyridine rings is 1. The number of nitrogens with zero attached hydrogens (tertiary/aromatic N) is 6. The molecule has 1 saturated carbocycles. The Hall–Kier alpha value is -5.06. The van der Waals surface area contributed by atoms with Gasteiger partial charge in [-0.1, -0.05) is 17.7 Å². The van der Waals surface area contributed by atoms with E-state index in [2.05, 4.69) is 27.6 Å². The van der Waals surface area contributed by atoms with Gasteiger partial charge in [0.1, 0.15) is 11.4 Å². The Morgan fingerprint density at radius 3 is 2.32 bits per heavy atom. The van der Waals surface area contributed by atoms with E-state index in [-0.39, 0.29) is 36.5 Å². The van der Waals surface area contributed by atoms with E-state index in [4.69, 9.17) is 16.7 Å². The monoisotopic (exact) mass is 836 g/mol. The molecule has 4 aromatic rings. The molecule has 17 heteroatoms. The minimum Gasteiger partial charge on any atom is -0.386 e. The highest BCUT2D eigenvalue weighted by molar-refractivity contribution is 6.34. The number of carbonyl (C=O) groups is 4. The van der Waals surface area contributed by atoms with Crippen molar-refractivity contribution >= 4 is 57.6 Å². The number of anilines is 2. The van der Waals surface area contributed by atoms with E-state index in [0.717, 1.165) is 69.1 Å². The summed E-state index contributed by atoms with van der Waals surface area (Å²) in [5, 5.41) is 21.8. The minimum atomic E-state index is -4.70. The van der Waals surface area contributed by atoms with Crippen molar-refractivity contribution in [3.63, 3.8) is 0 Å². The molecule has 59 heavy (non-hydrogen) atoms. The molecule has 0 spiro atoms. The number of benzene rings is 2. The predicted molar refractivity (Wildman–Crippen MR) is 216 cm³/mol. The highest BCUT2D eigenvalue weighted by Gasteiger charge is 2.34. The number of piperidine rings is 1. The Balaban J connectivity index is 0.905. The quantitative estimate of drug-likeness (QED) is 0.151. The molecule has 4 heterocycles. The van der Waals surface area contributed by atoms with Gasteiger partial charge in [-0.05, 0) is 114 Å². The summed E-state index contributed by atoms with van der Waals surface area (Å²) >= 11 is 6.39. The summed E-state index contributed by atoms with van der Waals surface area (Å²) in [6.45, 7) is 6.50. The number of hydrogen-bond donors (Lipinski definition) is 3. The van der Waals surface area contributed by atoms with Crippen LogP contribution in [0.25, 0.3) is 10.9 Å². The van der Waals surface area contributed by atoms with Gasteiger partial charge in [-0.15, -0.1) is 0 Å². The molecular formula is C42H48ClF3N8O5. The van der Waals surface area contributed by atoms with Gasteiger partial charge >= 0.3 is 12.2 Å². The molecule has 13 nitrogen and oxygen atoms in total. The second-order valence-electron chi connectivity index (χ2n) is 16.5. The van der Waals surface area contributed by atoms with Crippen LogP contribution in [0.15, 0.2) is 54.7 Å². The van der Waals surface area contributed by atoms with Gasteiger partial charge in [0, 0.05) is 67.5 Å². The van der Waals surface area contributed by atoms with E-state index in [0.29, 0.717) is 52.3 Å². The predicted octanol–water partition coefficient (Wildman–Crippen LogP) is 7.25. The molecule has 0 radical (unpaired) electrons. The van der Waals surface area contributed by atoms with Crippen LogP contribution in [0, 0.1) is 11.8 Å². The summed E-state index contributed by atoms with van der Waals surface area (Å²) in [5.74, 6) is -0.299. The molecule has 3 aliphatic rings. The van der Waals surface area contributed by atoms with Gasteiger partial charge in [-0.25, -0.2) is 9.78 Å². The molecule has 2 aliphatic heterocycles. The number of carbonyl (C=O) groups excluding carboxylic acids is 4. The maximum atomic E-state index is 13.5. The third kappa shape index (κ3) is 9.71. The highest BCUT2D eigenvalue weighted by atomic mass is 35.5. The normalized spacial score (nSPS) is 19.7. The standard InChI is InChI=1S/C42H48ClF3N8O5/c1-41(2,59)30-21-33-28(19-34(30)48-38(56)32-5-4-6-36(47-32)42(44,45)46)24-54(50-33)29-10-7-25(8-11-29)22-51(3)23-26-13-16-52(17-14-26)39(57)27-9-12-31(43)35(20-27)53-18-15-37(55)49-40(53)58/h4-6,9,12,19-21,24-26,29,59H,7-8,10-11,13-18,22-23H2,1-3H3,(H,48,56)(H,49,55,58). The maximum absolute atomic E-state index is 13.5. The lowest BCUT2D eigenvalue weighted by atomic mass is 9.85. The largest absolute Gasteiger partial charge is 0.433 e. The number of hydrogen-bond acceptors (Lipinski definition) is 8. The number of rotatable bonds is 10. The summed E-state index contributed by atoms with van der Waals surface area (Å²) in [5.41, 5.74) is -0.822. The summed E-state index contributed by atoms with van der Waals surface area (Å²) < 4.78 is 41.7. The summed E-state index contributed by atoms with van der Waals surface area (Å²) in [7, 11) is 2.16. The number of aliphatic hydroxyl groups is 1. The van der Waals surface area contributed by atoms with Gasteiger partial charge in [0.25, 0.3) is 11.8 Å². The second-order valence-corrected chi connectivity index (χ2v) is 16.9. The lowest BCUT2D eigenvalue weighted by Crippen LogP contribution is -2.49. The van der Waals surface area contributed by atoms with Crippen molar-refractivity contribution in [2.24, 2.45) is 11.8 Å². The van der Waals surface area contributed by atoms with Gasteiger partial charge in [-0.3, -0.25) is 29.3 Å². The van der Waals surface area contributed by atoms with Crippen molar-refractivity contribution < 1.29 is 37.5 Å². The lowest BCUT2D eigenvalue weighted by molar-refractivity contribution is -0.141. The van der Waals surface area contributed by atoms with Crippen molar-refractivity contribution in [2.45, 2.75) is 76.6 Å². The lowest BCUT2D eigenvalue weighted by Gasteiger charge is -2.36. The zero-order valence-electron chi connectivity index (χ0n) is 33.2. The highest BCUT2D eigenvalue weighted by Crippen LogP contribution is 2.37. The average Bonchev–Trinajstić information content (AvgIpc) is 3.61. The fourth-order valence-electron chi connectivity index (χ4n) is 8.49. The molecule has 0 bridgehead atoms. The SMILES string of the molecule is CN(CC1CCC(n2cc3cc(NC(=O)c4cccc(C(F)(F)F)n4)c(C(C)(C)O)cc3n2)CC1)CC1CCN(C(=O)c2ccc(Cl)c(N3CCC(=O)NC3=O)c2)CC1. The first kappa shape index (κ1) is 42.1. The van der Waals surface area contributed by atoms with E-state index >= 15 is 0 Å². The number of fused-ring (bicyclic) bond motifs is 1. The minimum absolute atomic E-state index is 0.110. The molecular weight excluding hydrogens is 789 g/mol. The van der Waals surface area contributed by atoms with Gasteiger partial charge < -0.3 is 20.2 Å². The van der Waals surface area contributed by atoms with Gasteiger partial charge in [0.2, 0.25) is 5.91 Å². The molecule has 314 valence electrons. The van der Waals surface area contributed by atoms with Crippen LogP contribution in [0.4, 0.5) is 29.3 Å². The Bertz CT molecular complexity index is 2240. The van der Waals surface area contributed by atoms with Crippen LogP contribution in [0.3, 0.4) is 0 Å². The smallest absolute Gasteiger partial charge is 0.386 e. The Morgan fingerprint density at radius 1 is 0.966 bits per heavy atom. The van der Waals surface area contributed by atoms with Gasteiger partial charge in [0.05, 0.1) is 27.9 Å². The molecule has 0 atom stereocenters. The molecule has 2 saturated heterocycles. The van der Waals surface area contributed by atoms with Crippen LogP contribution >= 0.6 is 11.6 Å². The third-order valence-electron chi connectivity index (χ3n) is 11.6. The molecule has 3 fully saturated rings. The number of nitrogens with one attached hydrogen (secondary N) is 2. The number of imide groups is 1. The first-order chi connectivity index (χ1) is 27.9. The van der Waals surface area contributed by atoms with Crippen molar-refractivity contribution in [1.82, 2.24) is 29.9 Å². The van der Waals surface area contributed by atoms with E-state index in [1.54, 1.807) is 44.2 Å². The molecule has 7 rings (SSSR count). The van der Waals surface area contributed by atoms with Crippen LogP contribution < -0.4 is 15.5 Å². The molecule has 2 aromatic carbocycles. The second kappa shape index (κ2) is 16.9. The summed E-state index contributed by atoms with van der Waals surface area (Å²) in [4.78, 5) is 59.7. The zero-order chi connectivity index (χ0) is 42.2. The topological polar surface area (TPSA) is 153 Å². The Morgan fingerprint density at radius 2 is 1.66 bits per heavy atom. The first-order valence-corrected chi connectivity index (χ1v) is 20.3. The third-order valence-corrected chi connectivity index (χ3v) is 11.9. The van der Waals surface area contributed by atoms with Gasteiger partial charge in [-0.2, -0.15) is 18.3 Å². The number of aromatic nitrogens is 3. The fraction of sp³-hybridized carbons (Fsp3) is 0.476. The van der Waals surface area contributed by atoms with Crippen molar-refractivity contribution in [3.8, 4) is 0 Å². The number of urea groups is 1. The number of likely N-dealkylation sites (tertiary alicyclic amines) is 1. The number of halogens is 4. The van der Waals surface area contributed by atoms with Crippen LogP contribution in [-0.2, 0) is 16.6 Å². The van der Waals surface area contributed by atoms with Crippen molar-refractivity contribution in [3.05, 3.63) is 82.3 Å². The Kier molecular flexibility index (Phi) is 12.0. The van der Waals surface area contributed by atoms with Crippen molar-refractivity contribution in [1.29, 1.82) is 0 Å². The van der Waals surface area contributed by atoms with Crippen LogP contribution in [-0.4, -0.2) is 93.2 Å². The molecule has 1 aliphatic carbocycles. The number of amides is 5. The zero-order valence-corrected chi connectivity index (χ0v) is 33.9. The fourth-order valence-corrected chi connectivity index (χ4v) is 8.71. The van der Waals surface area contributed by atoms with Crippen LogP contribution in [0.1, 0.15) is 96.9 Å². The van der Waals surface area contributed by atoms with E-state index in [1.165, 1.54) is 11.0 Å². The molecule has 0 unspecified atom stereocenters. The van der Waals surface area contributed by atoms with Gasteiger partial charge in [0.15, 0.2) is 0 Å². The van der Waals surface area contributed by atoms with Crippen molar-refractivity contribution in [2.75, 3.05) is 50.0 Å². The average molecular weight is 837 g/mol. The molecule has 5 amide bonds. The molecule has 3 N–H and O–H groups in total. The summed E-state index contributed by atoms with van der Waals surface area (Å²) in [6, 6.07) is 11.1. The molecule has 2 aromatic heterocycles. The Labute approximate surface area is 344 Å². The van der Waals surface area contributed by atoms with E-state index < -0.39 is 35.1 Å². The number of alkyl halides is 3. The van der Waals surface area contributed by atoms with Crippen LogP contribution in [0.2, 0.25) is 5.02 Å².